The maximum Gasteiger partial charge on any atom is 0.101 e. The van der Waals surface area contributed by atoms with Crippen LogP contribution in [0.4, 0.5) is 0 Å². The normalized spacial score (nSPS) is 11.0. The number of rotatable bonds is 1. The van der Waals surface area contributed by atoms with E-state index in [-0.39, 0.29) is 0 Å². The molecule has 0 bridgehead atoms. The fourth-order valence-corrected chi connectivity index (χ4v) is 0.835. The van der Waals surface area contributed by atoms with Crippen LogP contribution in [0.3, 0.4) is 0 Å². The Morgan fingerprint density at radius 3 is 3.00 bits per heavy atom. The van der Waals surface area contributed by atoms with Crippen LogP contribution in [0.1, 0.15) is 5.69 Å². The minimum absolute atomic E-state index is 0.473. The van der Waals surface area contributed by atoms with Crippen molar-refractivity contribution in [2.45, 2.75) is 0 Å². The van der Waals surface area contributed by atoms with Crippen LogP contribution in [-0.2, 0) is 7.05 Å². The van der Waals surface area contributed by atoms with Crippen LogP contribution in [-0.4, -0.2) is 21.2 Å². The Kier molecular flexibility index (Phi) is 1.91. The number of aromatic nitrogens is 2. The summed E-state index contributed by atoms with van der Waals surface area (Å²) < 4.78 is 1.52. The number of oxime groups is 1. The number of hydrogen-bond acceptors (Lipinski definition) is 3. The first kappa shape index (κ1) is 7.08. The Hall–Kier alpha value is -1.03. The third-order valence-electron chi connectivity index (χ3n) is 1.12. The van der Waals surface area contributed by atoms with Gasteiger partial charge in [0.05, 0.1) is 17.4 Å². The van der Waals surface area contributed by atoms with Crippen molar-refractivity contribution in [3.05, 3.63) is 16.9 Å². The summed E-state index contributed by atoms with van der Waals surface area (Å²) in [5.74, 6) is 0. The smallest absolute Gasteiger partial charge is 0.101 e. The lowest BCUT2D eigenvalue weighted by Gasteiger charge is -1.90. The number of halogens is 1. The van der Waals surface area contributed by atoms with Crippen molar-refractivity contribution in [2.75, 3.05) is 0 Å². The van der Waals surface area contributed by atoms with E-state index in [0.717, 1.165) is 0 Å². The maximum atomic E-state index is 8.16. The minimum atomic E-state index is 0.473. The third-order valence-corrected chi connectivity index (χ3v) is 1.41. The zero-order chi connectivity index (χ0) is 7.56. The van der Waals surface area contributed by atoms with Gasteiger partial charge in [-0.1, -0.05) is 16.8 Å². The van der Waals surface area contributed by atoms with Crippen molar-refractivity contribution in [1.82, 2.24) is 9.78 Å². The molecule has 0 aliphatic heterocycles. The van der Waals surface area contributed by atoms with Crippen molar-refractivity contribution in [3.63, 3.8) is 0 Å². The standard InChI is InChI=1S/C5H6ClN3O/c1-9-5(3-8-10)4(6)2-7-9/h2-3,10H,1H3. The van der Waals surface area contributed by atoms with Crippen molar-refractivity contribution in [2.24, 2.45) is 12.2 Å². The van der Waals surface area contributed by atoms with Gasteiger partial charge in [-0.15, -0.1) is 0 Å². The van der Waals surface area contributed by atoms with E-state index in [9.17, 15) is 0 Å². The van der Waals surface area contributed by atoms with Crippen LogP contribution in [0.2, 0.25) is 5.02 Å². The van der Waals surface area contributed by atoms with Crippen molar-refractivity contribution < 1.29 is 5.21 Å². The van der Waals surface area contributed by atoms with E-state index >= 15 is 0 Å². The quantitative estimate of drug-likeness (QED) is 0.376. The van der Waals surface area contributed by atoms with Gasteiger partial charge in [-0.2, -0.15) is 5.10 Å². The van der Waals surface area contributed by atoms with E-state index in [1.807, 2.05) is 0 Å². The lowest BCUT2D eigenvalue weighted by molar-refractivity contribution is 0.321. The molecule has 0 unspecified atom stereocenters. The summed E-state index contributed by atoms with van der Waals surface area (Å²) in [6, 6.07) is 0. The second-order valence-corrected chi connectivity index (χ2v) is 2.15. The molecule has 54 valence electrons. The van der Waals surface area contributed by atoms with Gasteiger partial charge in [0.1, 0.15) is 5.69 Å². The van der Waals surface area contributed by atoms with Gasteiger partial charge in [0.15, 0.2) is 0 Å². The average Bonchev–Trinajstić information content (AvgIpc) is 2.20. The van der Waals surface area contributed by atoms with E-state index in [1.54, 1.807) is 7.05 Å². The van der Waals surface area contributed by atoms with Gasteiger partial charge < -0.3 is 5.21 Å². The molecule has 0 saturated heterocycles. The molecular weight excluding hydrogens is 154 g/mol. The molecular formula is C5H6ClN3O. The SMILES string of the molecule is Cn1ncc(Cl)c1C=NO. The Labute approximate surface area is 62.7 Å². The van der Waals surface area contributed by atoms with Gasteiger partial charge in [0, 0.05) is 7.05 Å². The molecule has 0 fully saturated rings. The van der Waals surface area contributed by atoms with Crippen LogP contribution in [0, 0.1) is 0 Å². The molecule has 0 spiro atoms. The zero-order valence-electron chi connectivity index (χ0n) is 5.32. The van der Waals surface area contributed by atoms with Gasteiger partial charge in [-0.25, -0.2) is 0 Å². The molecule has 0 amide bonds. The minimum Gasteiger partial charge on any atom is -0.411 e. The van der Waals surface area contributed by atoms with E-state index in [4.69, 9.17) is 16.8 Å². The Balaban J connectivity index is 3.10. The topological polar surface area (TPSA) is 50.4 Å². The summed E-state index contributed by atoms with van der Waals surface area (Å²) in [4.78, 5) is 0. The molecule has 1 aromatic heterocycles. The van der Waals surface area contributed by atoms with Crippen molar-refractivity contribution in [3.8, 4) is 0 Å². The first-order chi connectivity index (χ1) is 4.75. The number of nitrogens with zero attached hydrogens (tertiary/aromatic N) is 3. The van der Waals surface area contributed by atoms with Crippen molar-refractivity contribution in [1.29, 1.82) is 0 Å². The van der Waals surface area contributed by atoms with Gasteiger partial charge in [-0.05, 0) is 0 Å². The zero-order valence-corrected chi connectivity index (χ0v) is 6.08. The molecule has 1 aromatic rings. The van der Waals surface area contributed by atoms with E-state index < -0.39 is 0 Å². The Morgan fingerprint density at radius 2 is 2.60 bits per heavy atom. The van der Waals surface area contributed by atoms with Gasteiger partial charge in [0.25, 0.3) is 0 Å². The second-order valence-electron chi connectivity index (χ2n) is 1.75. The number of aryl methyl sites for hydroxylation is 1. The molecule has 0 aliphatic carbocycles. The van der Waals surface area contributed by atoms with Crippen LogP contribution < -0.4 is 0 Å². The molecule has 0 saturated carbocycles. The highest BCUT2D eigenvalue weighted by Crippen LogP contribution is 2.10. The molecule has 0 aliphatic rings. The Morgan fingerprint density at radius 1 is 1.90 bits per heavy atom. The maximum absolute atomic E-state index is 8.16. The monoisotopic (exact) mass is 159 g/mol. The first-order valence-electron chi connectivity index (χ1n) is 2.60. The van der Waals surface area contributed by atoms with Crippen molar-refractivity contribution >= 4 is 17.8 Å². The molecule has 0 aromatic carbocycles. The molecule has 1 rings (SSSR count). The fraction of sp³-hybridized carbons (Fsp3) is 0.200. The molecule has 5 heteroatoms. The highest BCUT2D eigenvalue weighted by Gasteiger charge is 2.01. The summed E-state index contributed by atoms with van der Waals surface area (Å²) in [5, 5.41) is 15.3. The third kappa shape index (κ3) is 1.11. The summed E-state index contributed by atoms with van der Waals surface area (Å²) in [6.07, 6.45) is 2.72. The summed E-state index contributed by atoms with van der Waals surface area (Å²) in [7, 11) is 1.71. The summed E-state index contributed by atoms with van der Waals surface area (Å²) >= 11 is 5.64. The van der Waals surface area contributed by atoms with Gasteiger partial charge in [0.2, 0.25) is 0 Å². The summed E-state index contributed by atoms with van der Waals surface area (Å²) in [5.41, 5.74) is 0.587. The molecule has 10 heavy (non-hydrogen) atoms. The highest BCUT2D eigenvalue weighted by molar-refractivity contribution is 6.32. The van der Waals surface area contributed by atoms with Crippen LogP contribution in [0.15, 0.2) is 11.4 Å². The second kappa shape index (κ2) is 2.70. The highest BCUT2D eigenvalue weighted by atomic mass is 35.5. The van der Waals surface area contributed by atoms with E-state index in [0.29, 0.717) is 10.7 Å². The molecule has 0 atom stereocenters. The lowest BCUT2D eigenvalue weighted by atomic mass is 10.5. The molecule has 1 N–H and O–H groups in total. The largest absolute Gasteiger partial charge is 0.411 e. The molecule has 1 heterocycles. The molecule has 0 radical (unpaired) electrons. The lowest BCUT2D eigenvalue weighted by Crippen LogP contribution is -1.96. The van der Waals surface area contributed by atoms with E-state index in [1.165, 1.54) is 17.1 Å². The Bertz CT molecular complexity index is 236. The predicted molar refractivity (Wildman–Crippen MR) is 37.6 cm³/mol. The predicted octanol–water partition coefficient (Wildman–Crippen LogP) is 0.882. The average molecular weight is 160 g/mol. The van der Waals surface area contributed by atoms with Crippen LogP contribution in [0.5, 0.6) is 0 Å². The fourth-order valence-electron chi connectivity index (χ4n) is 0.620. The van der Waals surface area contributed by atoms with Crippen LogP contribution in [0.25, 0.3) is 0 Å². The molecule has 4 nitrogen and oxygen atoms in total. The number of hydrogen-bond donors (Lipinski definition) is 1. The van der Waals surface area contributed by atoms with E-state index in [2.05, 4.69) is 10.3 Å². The van der Waals surface area contributed by atoms with Crippen LogP contribution >= 0.6 is 11.6 Å². The van der Waals surface area contributed by atoms with Gasteiger partial charge >= 0.3 is 0 Å². The summed E-state index contributed by atoms with van der Waals surface area (Å²) in [6.45, 7) is 0. The van der Waals surface area contributed by atoms with Gasteiger partial charge in [-0.3, -0.25) is 4.68 Å². The first-order valence-corrected chi connectivity index (χ1v) is 2.98.